The fraction of sp³-hybridized carbons (Fsp3) is 0.550. The zero-order valence-corrected chi connectivity index (χ0v) is 29.7. The predicted molar refractivity (Wildman–Crippen MR) is 190 cm³/mol. The number of benzene rings is 2. The molecule has 4 atom stereocenters. The second-order valence-electron chi connectivity index (χ2n) is 14.9. The minimum absolute atomic E-state index is 0.0541. The molecule has 1 aliphatic heterocycles. The fourth-order valence-electron chi connectivity index (χ4n) is 9.17. The lowest BCUT2D eigenvalue weighted by Crippen LogP contribution is -2.53. The van der Waals surface area contributed by atoms with Crippen LogP contribution in [0.15, 0.2) is 48.7 Å². The van der Waals surface area contributed by atoms with Crippen molar-refractivity contribution in [1.82, 2.24) is 4.98 Å². The van der Waals surface area contributed by atoms with Gasteiger partial charge in [0, 0.05) is 34.6 Å². The van der Waals surface area contributed by atoms with Crippen molar-refractivity contribution in [2.75, 3.05) is 32.2 Å². The van der Waals surface area contributed by atoms with Gasteiger partial charge in [0.2, 0.25) is 0 Å². The second kappa shape index (κ2) is 14.0. The van der Waals surface area contributed by atoms with E-state index in [0.717, 1.165) is 49.3 Å². The molecule has 8 nitrogen and oxygen atoms in total. The Hall–Kier alpha value is -3.49. The number of fused-ring (bicyclic) bond motifs is 4. The van der Waals surface area contributed by atoms with Gasteiger partial charge >= 0.3 is 5.97 Å². The number of aromatic nitrogens is 1. The lowest BCUT2D eigenvalue weighted by Gasteiger charge is -2.47. The number of methoxy groups -OCH3 is 1. The van der Waals surface area contributed by atoms with Gasteiger partial charge < -0.3 is 29.4 Å². The van der Waals surface area contributed by atoms with Crippen molar-refractivity contribution in [3.05, 3.63) is 76.1 Å². The third-order valence-electron chi connectivity index (χ3n) is 11.7. The number of aliphatic hydroxyl groups excluding tert-OH is 1. The maximum atomic E-state index is 13.5. The van der Waals surface area contributed by atoms with Gasteiger partial charge in [-0.05, 0) is 128 Å². The van der Waals surface area contributed by atoms with Crippen LogP contribution in [0.25, 0.3) is 0 Å². The van der Waals surface area contributed by atoms with Crippen molar-refractivity contribution in [2.24, 2.45) is 11.8 Å². The molecule has 9 heteroatoms. The molecule has 1 fully saturated rings. The third kappa shape index (κ3) is 6.59. The summed E-state index contributed by atoms with van der Waals surface area (Å²) in [6.45, 7) is 5.67. The molecular formula is C40H49ClN2O6. The highest BCUT2D eigenvalue weighted by molar-refractivity contribution is 6.30. The van der Waals surface area contributed by atoms with E-state index < -0.39 is 5.54 Å². The highest BCUT2D eigenvalue weighted by atomic mass is 35.5. The van der Waals surface area contributed by atoms with Crippen LogP contribution < -0.4 is 19.5 Å². The van der Waals surface area contributed by atoms with Crippen LogP contribution in [-0.4, -0.2) is 54.6 Å². The van der Waals surface area contributed by atoms with E-state index in [1.165, 1.54) is 42.3 Å². The van der Waals surface area contributed by atoms with Crippen LogP contribution in [0, 0.1) is 11.8 Å². The van der Waals surface area contributed by atoms with E-state index in [-0.39, 0.29) is 24.1 Å². The molecular weight excluding hydrogens is 640 g/mol. The van der Waals surface area contributed by atoms with Crippen LogP contribution in [0.4, 0.5) is 5.69 Å². The van der Waals surface area contributed by atoms with Gasteiger partial charge in [0.15, 0.2) is 11.5 Å². The van der Waals surface area contributed by atoms with Gasteiger partial charge in [0.1, 0.15) is 17.4 Å². The molecule has 2 N–H and O–H groups in total. The summed E-state index contributed by atoms with van der Waals surface area (Å²) < 4.78 is 24.5. The SMILES string of the molecule is COC(=O)C1(Nc2cccc(Cl)c2)CCC2(CC1)c1cc3c(cc1C[C@@H]2C[C@@H](C)COc1ccnc2c1[C@H](C)CCC2)OCC[C@H](CO)O3. The van der Waals surface area contributed by atoms with Crippen LogP contribution in [-0.2, 0) is 27.8 Å². The van der Waals surface area contributed by atoms with E-state index in [0.29, 0.717) is 61.0 Å². The van der Waals surface area contributed by atoms with E-state index in [1.54, 1.807) is 0 Å². The summed E-state index contributed by atoms with van der Waals surface area (Å²) in [6.07, 6.45) is 10.3. The fourth-order valence-corrected chi connectivity index (χ4v) is 9.36. The number of rotatable bonds is 9. The third-order valence-corrected chi connectivity index (χ3v) is 12.0. The van der Waals surface area contributed by atoms with Crippen LogP contribution in [0.2, 0.25) is 5.02 Å². The van der Waals surface area contributed by atoms with Gasteiger partial charge in [-0.2, -0.15) is 0 Å². The zero-order chi connectivity index (χ0) is 34.2. The van der Waals surface area contributed by atoms with E-state index in [9.17, 15) is 9.90 Å². The number of aryl methyl sites for hydroxylation is 1. The first kappa shape index (κ1) is 34.0. The average Bonchev–Trinajstić information content (AvgIpc) is 3.23. The number of carbonyl (C=O) groups excluding carboxylic acids is 1. The van der Waals surface area contributed by atoms with Crippen molar-refractivity contribution < 1.29 is 28.8 Å². The average molecular weight is 689 g/mol. The molecule has 4 aliphatic rings. The molecule has 262 valence electrons. The number of carbonyl (C=O) groups is 1. The predicted octanol–water partition coefficient (Wildman–Crippen LogP) is 7.81. The number of pyridine rings is 1. The second-order valence-corrected chi connectivity index (χ2v) is 15.3. The molecule has 2 aromatic carbocycles. The topological polar surface area (TPSA) is 99.1 Å². The summed E-state index contributed by atoms with van der Waals surface area (Å²) in [6, 6.07) is 13.9. The first-order chi connectivity index (χ1) is 23.7. The zero-order valence-electron chi connectivity index (χ0n) is 28.9. The Morgan fingerprint density at radius 2 is 1.98 bits per heavy atom. The minimum atomic E-state index is -0.864. The highest BCUT2D eigenvalue weighted by Gasteiger charge is 2.55. The first-order valence-electron chi connectivity index (χ1n) is 18.0. The number of nitrogens with zero attached hydrogens (tertiary/aromatic N) is 1. The standard InChI is InChI=1S/C40H49ClN2O6/c1-25(24-48-34-10-16-42-33-9-4-6-26(2)37(33)34)18-28-19-27-20-35-36(49-31(23-44)11-17-47-35)22-32(27)39(28)12-14-40(15-13-39,38(45)46-3)43-30-8-5-7-29(41)21-30/h5,7-8,10,16,20-22,25-26,28,31,43-44H,4,6,9,11-15,17-19,23-24H2,1-3H3/t25-,26-,28+,31-,39?,40?/m1/s1. The number of hydrogen-bond donors (Lipinski definition) is 2. The van der Waals surface area contributed by atoms with Gasteiger partial charge in [-0.25, -0.2) is 4.79 Å². The van der Waals surface area contributed by atoms with Gasteiger partial charge in [-0.1, -0.05) is 31.5 Å². The molecule has 7 rings (SSSR count). The number of nitrogens with one attached hydrogen (secondary N) is 1. The molecule has 0 bridgehead atoms. The summed E-state index contributed by atoms with van der Waals surface area (Å²) in [5.74, 6) is 3.28. The minimum Gasteiger partial charge on any atom is -0.493 e. The Bertz CT molecular complexity index is 1670. The molecule has 2 heterocycles. The van der Waals surface area contributed by atoms with Crippen LogP contribution in [0.3, 0.4) is 0 Å². The van der Waals surface area contributed by atoms with Gasteiger partial charge in [-0.15, -0.1) is 0 Å². The van der Waals surface area contributed by atoms with Crippen LogP contribution in [0.1, 0.15) is 93.5 Å². The van der Waals surface area contributed by atoms with E-state index in [2.05, 4.69) is 36.3 Å². The lowest BCUT2D eigenvalue weighted by molar-refractivity contribution is -0.148. The van der Waals surface area contributed by atoms with Crippen molar-refractivity contribution in [3.8, 4) is 17.2 Å². The summed E-state index contributed by atoms with van der Waals surface area (Å²) in [7, 11) is 1.47. The van der Waals surface area contributed by atoms with Crippen molar-refractivity contribution in [1.29, 1.82) is 0 Å². The number of halogens is 1. The van der Waals surface area contributed by atoms with E-state index in [4.69, 9.17) is 30.5 Å². The van der Waals surface area contributed by atoms with Gasteiger partial charge in [0.25, 0.3) is 0 Å². The smallest absolute Gasteiger partial charge is 0.331 e. The van der Waals surface area contributed by atoms with Crippen molar-refractivity contribution in [3.63, 3.8) is 0 Å². The van der Waals surface area contributed by atoms with Crippen molar-refractivity contribution in [2.45, 2.75) is 101 Å². The normalized spacial score (nSPS) is 27.8. The maximum Gasteiger partial charge on any atom is 0.331 e. The van der Waals surface area contributed by atoms with Crippen molar-refractivity contribution >= 4 is 23.3 Å². The molecule has 1 spiro atoms. The lowest BCUT2D eigenvalue weighted by atomic mass is 9.59. The van der Waals surface area contributed by atoms with Crippen LogP contribution >= 0.6 is 11.6 Å². The summed E-state index contributed by atoms with van der Waals surface area (Å²) >= 11 is 6.33. The van der Waals surface area contributed by atoms with Gasteiger partial charge in [-0.3, -0.25) is 4.98 Å². The Balaban J connectivity index is 1.17. The molecule has 0 amide bonds. The Morgan fingerprint density at radius 1 is 1.14 bits per heavy atom. The number of hydrogen-bond acceptors (Lipinski definition) is 8. The molecule has 1 aromatic heterocycles. The summed E-state index contributed by atoms with van der Waals surface area (Å²) in [5.41, 5.74) is 4.81. The van der Waals surface area contributed by atoms with E-state index in [1.807, 2.05) is 36.5 Å². The maximum absolute atomic E-state index is 13.5. The molecule has 0 radical (unpaired) electrons. The monoisotopic (exact) mass is 688 g/mol. The van der Waals surface area contributed by atoms with Crippen LogP contribution in [0.5, 0.6) is 17.2 Å². The number of aliphatic hydroxyl groups is 1. The first-order valence-corrected chi connectivity index (χ1v) is 18.4. The molecule has 1 saturated carbocycles. The number of ether oxygens (including phenoxy) is 4. The number of anilines is 1. The number of esters is 1. The molecule has 0 saturated heterocycles. The van der Waals surface area contributed by atoms with E-state index >= 15 is 0 Å². The highest BCUT2D eigenvalue weighted by Crippen LogP contribution is 2.58. The van der Waals surface area contributed by atoms with Gasteiger partial charge in [0.05, 0.1) is 26.9 Å². The summed E-state index contributed by atoms with van der Waals surface area (Å²) in [4.78, 5) is 18.2. The summed E-state index contributed by atoms with van der Waals surface area (Å²) in [5, 5.41) is 14.1. The quantitative estimate of drug-likeness (QED) is 0.220. The Kier molecular flexibility index (Phi) is 9.73. The Labute approximate surface area is 294 Å². The molecule has 0 unspecified atom stereocenters. The molecule has 49 heavy (non-hydrogen) atoms. The molecule has 3 aliphatic carbocycles. The Morgan fingerprint density at radius 3 is 2.76 bits per heavy atom. The molecule has 3 aromatic rings. The largest absolute Gasteiger partial charge is 0.493 e.